The van der Waals surface area contributed by atoms with Crippen molar-refractivity contribution in [3.05, 3.63) is 42.1 Å². The Bertz CT molecular complexity index is 759. The third kappa shape index (κ3) is 2.03. The molecule has 0 spiro atoms. The number of amides is 1. The molecule has 2 aromatic heterocycles. The van der Waals surface area contributed by atoms with Crippen molar-refractivity contribution in [2.24, 2.45) is 7.05 Å². The van der Waals surface area contributed by atoms with Crippen LogP contribution in [0.3, 0.4) is 0 Å². The Morgan fingerprint density at radius 1 is 1.40 bits per heavy atom. The van der Waals surface area contributed by atoms with Gasteiger partial charge in [0.1, 0.15) is 6.33 Å². The Kier molecular flexibility index (Phi) is 2.94. The standard InChI is InChI=1S/C13H14N6O/c1-18(7-11-16-14-8-19(11)2)13(20)12-9-5-3-4-6-10(9)15-17-12/h3-6,8H,7H2,1-2H3,(H,15,17). The van der Waals surface area contributed by atoms with Crippen LogP contribution in [0.1, 0.15) is 16.3 Å². The van der Waals surface area contributed by atoms with Gasteiger partial charge in [-0.25, -0.2) is 0 Å². The van der Waals surface area contributed by atoms with Gasteiger partial charge >= 0.3 is 0 Å². The normalized spacial score (nSPS) is 10.9. The number of aryl methyl sites for hydroxylation is 1. The number of fused-ring (bicyclic) bond motifs is 1. The van der Waals surface area contributed by atoms with Crippen LogP contribution < -0.4 is 0 Å². The highest BCUT2D eigenvalue weighted by atomic mass is 16.2. The smallest absolute Gasteiger partial charge is 0.275 e. The van der Waals surface area contributed by atoms with Crippen molar-refractivity contribution in [3.8, 4) is 0 Å². The largest absolute Gasteiger partial charge is 0.333 e. The van der Waals surface area contributed by atoms with Gasteiger partial charge < -0.3 is 9.47 Å². The molecule has 0 saturated carbocycles. The molecule has 0 aliphatic rings. The topological polar surface area (TPSA) is 79.7 Å². The van der Waals surface area contributed by atoms with Crippen molar-refractivity contribution >= 4 is 16.8 Å². The number of nitrogens with zero attached hydrogens (tertiary/aromatic N) is 5. The molecule has 7 heteroatoms. The number of rotatable bonds is 3. The van der Waals surface area contributed by atoms with E-state index in [0.717, 1.165) is 16.7 Å². The van der Waals surface area contributed by atoms with Gasteiger partial charge in [-0.3, -0.25) is 9.89 Å². The summed E-state index contributed by atoms with van der Waals surface area (Å²) in [5, 5.41) is 15.6. The van der Waals surface area contributed by atoms with E-state index in [1.54, 1.807) is 22.8 Å². The highest BCUT2D eigenvalue weighted by Gasteiger charge is 2.19. The van der Waals surface area contributed by atoms with Crippen molar-refractivity contribution in [1.29, 1.82) is 0 Å². The molecule has 0 fully saturated rings. The van der Waals surface area contributed by atoms with E-state index in [9.17, 15) is 4.79 Å². The molecule has 7 nitrogen and oxygen atoms in total. The summed E-state index contributed by atoms with van der Waals surface area (Å²) in [6.07, 6.45) is 1.61. The van der Waals surface area contributed by atoms with Crippen molar-refractivity contribution in [2.45, 2.75) is 6.54 Å². The number of hydrogen-bond acceptors (Lipinski definition) is 4. The molecule has 0 bridgehead atoms. The fourth-order valence-corrected chi connectivity index (χ4v) is 2.04. The fraction of sp³-hybridized carbons (Fsp3) is 0.231. The Morgan fingerprint density at radius 3 is 2.95 bits per heavy atom. The summed E-state index contributed by atoms with van der Waals surface area (Å²) in [4.78, 5) is 14.0. The molecule has 20 heavy (non-hydrogen) atoms. The lowest BCUT2D eigenvalue weighted by Crippen LogP contribution is -2.28. The van der Waals surface area contributed by atoms with Gasteiger partial charge in [-0.1, -0.05) is 18.2 Å². The van der Waals surface area contributed by atoms with Crippen molar-refractivity contribution in [3.63, 3.8) is 0 Å². The number of carbonyl (C=O) groups excluding carboxylic acids is 1. The van der Waals surface area contributed by atoms with Gasteiger partial charge in [0.25, 0.3) is 5.91 Å². The second-order valence-corrected chi connectivity index (χ2v) is 4.64. The van der Waals surface area contributed by atoms with Crippen molar-refractivity contribution < 1.29 is 4.79 Å². The number of nitrogens with one attached hydrogen (secondary N) is 1. The van der Waals surface area contributed by atoms with Gasteiger partial charge in [0, 0.05) is 19.5 Å². The molecule has 0 saturated heterocycles. The van der Waals surface area contributed by atoms with E-state index < -0.39 is 0 Å². The molecular formula is C13H14N6O. The zero-order valence-corrected chi connectivity index (χ0v) is 11.2. The van der Waals surface area contributed by atoms with Crippen molar-refractivity contribution in [1.82, 2.24) is 29.9 Å². The highest BCUT2D eigenvalue weighted by Crippen LogP contribution is 2.16. The van der Waals surface area contributed by atoms with Crippen LogP contribution in [0.5, 0.6) is 0 Å². The number of carbonyl (C=O) groups is 1. The molecular weight excluding hydrogens is 256 g/mol. The van der Waals surface area contributed by atoms with Crippen LogP contribution in [-0.2, 0) is 13.6 Å². The Hall–Kier alpha value is -2.70. The van der Waals surface area contributed by atoms with Crippen molar-refractivity contribution in [2.75, 3.05) is 7.05 Å². The first-order valence-corrected chi connectivity index (χ1v) is 6.18. The summed E-state index contributed by atoms with van der Waals surface area (Å²) in [6, 6.07) is 7.55. The Balaban J connectivity index is 1.87. The minimum absolute atomic E-state index is 0.148. The maximum absolute atomic E-state index is 12.4. The number of para-hydroxylation sites is 1. The molecule has 0 radical (unpaired) electrons. The zero-order valence-electron chi connectivity index (χ0n) is 11.2. The van der Waals surface area contributed by atoms with Gasteiger partial charge in [-0.2, -0.15) is 5.10 Å². The Labute approximate surface area is 115 Å². The Morgan fingerprint density at radius 2 is 2.20 bits per heavy atom. The summed E-state index contributed by atoms with van der Waals surface area (Å²) >= 11 is 0. The average molecular weight is 270 g/mol. The second kappa shape index (κ2) is 4.76. The number of aromatic nitrogens is 5. The predicted octanol–water partition coefficient (Wildman–Crippen LogP) is 0.964. The van der Waals surface area contributed by atoms with Gasteiger partial charge in [-0.05, 0) is 6.07 Å². The van der Waals surface area contributed by atoms with E-state index in [-0.39, 0.29) is 5.91 Å². The summed E-state index contributed by atoms with van der Waals surface area (Å²) < 4.78 is 1.78. The summed E-state index contributed by atoms with van der Waals surface area (Å²) in [5.41, 5.74) is 1.27. The molecule has 3 rings (SSSR count). The van der Waals surface area contributed by atoms with Gasteiger partial charge in [0.2, 0.25) is 0 Å². The number of aromatic amines is 1. The summed E-state index contributed by atoms with van der Waals surface area (Å²) in [7, 11) is 3.57. The van der Waals surface area contributed by atoms with Crippen LogP contribution in [0.15, 0.2) is 30.6 Å². The molecule has 2 heterocycles. The lowest BCUT2D eigenvalue weighted by Gasteiger charge is -2.15. The molecule has 1 aromatic carbocycles. The van der Waals surface area contributed by atoms with Crippen LogP contribution >= 0.6 is 0 Å². The fourth-order valence-electron chi connectivity index (χ4n) is 2.04. The average Bonchev–Trinajstić information content (AvgIpc) is 3.05. The maximum atomic E-state index is 12.4. The van der Waals surface area contributed by atoms with Gasteiger partial charge in [0.15, 0.2) is 11.5 Å². The van der Waals surface area contributed by atoms with E-state index in [0.29, 0.717) is 12.2 Å². The molecule has 1 amide bonds. The van der Waals surface area contributed by atoms with Crippen LogP contribution in [0.4, 0.5) is 0 Å². The zero-order chi connectivity index (χ0) is 14.1. The third-order valence-corrected chi connectivity index (χ3v) is 3.20. The van der Waals surface area contributed by atoms with Gasteiger partial charge in [-0.15, -0.1) is 10.2 Å². The van der Waals surface area contributed by atoms with E-state index in [2.05, 4.69) is 20.4 Å². The first kappa shape index (κ1) is 12.3. The van der Waals surface area contributed by atoms with E-state index in [4.69, 9.17) is 0 Å². The minimum atomic E-state index is -0.148. The molecule has 0 atom stereocenters. The van der Waals surface area contributed by atoms with Crippen LogP contribution in [0.2, 0.25) is 0 Å². The number of hydrogen-bond donors (Lipinski definition) is 1. The highest BCUT2D eigenvalue weighted by molar-refractivity contribution is 6.04. The lowest BCUT2D eigenvalue weighted by atomic mass is 10.2. The molecule has 3 aromatic rings. The van der Waals surface area contributed by atoms with E-state index >= 15 is 0 Å². The maximum Gasteiger partial charge on any atom is 0.275 e. The van der Waals surface area contributed by atoms with E-state index in [1.807, 2.05) is 31.3 Å². The minimum Gasteiger partial charge on any atom is -0.333 e. The van der Waals surface area contributed by atoms with Crippen LogP contribution in [0, 0.1) is 0 Å². The number of H-pyrrole nitrogens is 1. The summed E-state index contributed by atoms with van der Waals surface area (Å²) in [5.74, 6) is 0.575. The van der Waals surface area contributed by atoms with E-state index in [1.165, 1.54) is 0 Å². The predicted molar refractivity (Wildman–Crippen MR) is 72.9 cm³/mol. The number of benzene rings is 1. The first-order valence-electron chi connectivity index (χ1n) is 6.18. The molecule has 0 aliphatic heterocycles. The molecule has 0 unspecified atom stereocenters. The summed E-state index contributed by atoms with van der Waals surface area (Å²) in [6.45, 7) is 0.385. The van der Waals surface area contributed by atoms with Crippen LogP contribution in [-0.4, -0.2) is 42.8 Å². The first-order chi connectivity index (χ1) is 9.66. The third-order valence-electron chi connectivity index (χ3n) is 3.20. The molecule has 1 N–H and O–H groups in total. The second-order valence-electron chi connectivity index (χ2n) is 4.64. The monoisotopic (exact) mass is 270 g/mol. The lowest BCUT2D eigenvalue weighted by molar-refractivity contribution is 0.0776. The van der Waals surface area contributed by atoms with Crippen LogP contribution in [0.25, 0.3) is 10.9 Å². The molecule has 102 valence electrons. The van der Waals surface area contributed by atoms with Gasteiger partial charge in [0.05, 0.1) is 12.1 Å². The SMILES string of the molecule is CN(Cc1nncn1C)C(=O)c1n[nH]c2ccccc12. The molecule has 0 aliphatic carbocycles. The quantitative estimate of drug-likeness (QED) is 0.769.